The lowest BCUT2D eigenvalue weighted by atomic mass is 9.97. The van der Waals surface area contributed by atoms with E-state index in [1.54, 1.807) is 23.9 Å². The lowest BCUT2D eigenvalue weighted by Crippen LogP contribution is -2.47. The second-order valence-electron chi connectivity index (χ2n) is 5.82. The van der Waals surface area contributed by atoms with E-state index >= 15 is 0 Å². The second-order valence-corrected chi connectivity index (χ2v) is 5.82. The zero-order chi connectivity index (χ0) is 15.4. The van der Waals surface area contributed by atoms with Gasteiger partial charge >= 0.3 is 6.03 Å². The van der Waals surface area contributed by atoms with Crippen molar-refractivity contribution in [2.24, 2.45) is 5.92 Å². The van der Waals surface area contributed by atoms with E-state index in [1.807, 2.05) is 31.2 Å². The van der Waals surface area contributed by atoms with E-state index in [4.69, 9.17) is 0 Å². The van der Waals surface area contributed by atoms with Crippen molar-refractivity contribution in [3.8, 4) is 0 Å². The van der Waals surface area contributed by atoms with Crippen LogP contribution < -0.4 is 5.32 Å². The first-order chi connectivity index (χ1) is 9.97. The standard InChI is InChI=1S/C16H23N3O2/c1-12-6-4-8-14(10-12)17-15(20)13-7-5-9-19(11-13)16(21)18(2)3/h4,6,8,10,13H,5,7,9,11H2,1-3H3,(H,17,20)/t13-/m1/s1. The maximum atomic E-state index is 12.4. The third-order valence-corrected chi connectivity index (χ3v) is 3.73. The minimum absolute atomic E-state index is 0.00291. The van der Waals surface area contributed by atoms with Gasteiger partial charge in [-0.2, -0.15) is 0 Å². The number of nitrogens with zero attached hydrogens (tertiary/aromatic N) is 2. The Labute approximate surface area is 125 Å². The first-order valence-electron chi connectivity index (χ1n) is 7.31. The van der Waals surface area contributed by atoms with Crippen molar-refractivity contribution in [1.82, 2.24) is 9.80 Å². The highest BCUT2D eigenvalue weighted by Gasteiger charge is 2.29. The summed E-state index contributed by atoms with van der Waals surface area (Å²) in [7, 11) is 3.47. The van der Waals surface area contributed by atoms with Gasteiger partial charge in [-0.25, -0.2) is 4.79 Å². The molecule has 1 aliphatic rings. The molecule has 1 heterocycles. The Bertz CT molecular complexity index is 528. The normalized spacial score (nSPS) is 18.2. The molecular formula is C16H23N3O2. The number of hydrogen-bond donors (Lipinski definition) is 1. The number of benzene rings is 1. The van der Waals surface area contributed by atoms with Gasteiger partial charge in [-0.1, -0.05) is 12.1 Å². The third kappa shape index (κ3) is 3.97. The zero-order valence-corrected chi connectivity index (χ0v) is 12.9. The van der Waals surface area contributed by atoms with Crippen LogP contribution in [0, 0.1) is 12.8 Å². The molecular weight excluding hydrogens is 266 g/mol. The summed E-state index contributed by atoms with van der Waals surface area (Å²) in [5, 5.41) is 2.95. The van der Waals surface area contributed by atoms with Crippen molar-refractivity contribution in [2.75, 3.05) is 32.5 Å². The smallest absolute Gasteiger partial charge is 0.319 e. The molecule has 0 bridgehead atoms. The van der Waals surface area contributed by atoms with E-state index in [0.717, 1.165) is 30.6 Å². The number of hydrogen-bond acceptors (Lipinski definition) is 2. The molecule has 1 N–H and O–H groups in total. The minimum Gasteiger partial charge on any atom is -0.331 e. The summed E-state index contributed by atoms with van der Waals surface area (Å²) in [5.41, 5.74) is 1.93. The van der Waals surface area contributed by atoms with E-state index < -0.39 is 0 Å². The molecule has 0 saturated carbocycles. The van der Waals surface area contributed by atoms with E-state index in [-0.39, 0.29) is 17.9 Å². The molecule has 1 aromatic rings. The van der Waals surface area contributed by atoms with Crippen LogP contribution in [0.2, 0.25) is 0 Å². The molecule has 0 aromatic heterocycles. The maximum Gasteiger partial charge on any atom is 0.319 e. The summed E-state index contributed by atoms with van der Waals surface area (Å²) >= 11 is 0. The number of urea groups is 1. The monoisotopic (exact) mass is 289 g/mol. The number of anilines is 1. The summed E-state index contributed by atoms with van der Waals surface area (Å²) in [6.45, 7) is 3.22. The van der Waals surface area contributed by atoms with Crippen LogP contribution >= 0.6 is 0 Å². The van der Waals surface area contributed by atoms with Crippen LogP contribution in [0.3, 0.4) is 0 Å². The lowest BCUT2D eigenvalue weighted by Gasteiger charge is -2.33. The number of carbonyl (C=O) groups excluding carboxylic acids is 2. The third-order valence-electron chi connectivity index (χ3n) is 3.73. The first-order valence-corrected chi connectivity index (χ1v) is 7.31. The number of piperidine rings is 1. The molecule has 0 radical (unpaired) electrons. The molecule has 1 saturated heterocycles. The minimum atomic E-state index is -0.136. The summed E-state index contributed by atoms with van der Waals surface area (Å²) in [6.07, 6.45) is 1.69. The van der Waals surface area contributed by atoms with E-state index in [2.05, 4.69) is 5.32 Å². The van der Waals surface area contributed by atoms with Crippen LogP contribution in [0.4, 0.5) is 10.5 Å². The molecule has 1 fully saturated rings. The van der Waals surface area contributed by atoms with Gasteiger partial charge in [0.25, 0.3) is 0 Å². The van der Waals surface area contributed by atoms with Gasteiger partial charge in [0.1, 0.15) is 0 Å². The molecule has 1 aliphatic heterocycles. The van der Waals surface area contributed by atoms with Gasteiger partial charge in [0.15, 0.2) is 0 Å². The summed E-state index contributed by atoms with van der Waals surface area (Å²) < 4.78 is 0. The predicted molar refractivity (Wildman–Crippen MR) is 83.2 cm³/mol. The molecule has 21 heavy (non-hydrogen) atoms. The lowest BCUT2D eigenvalue weighted by molar-refractivity contribution is -0.121. The summed E-state index contributed by atoms with van der Waals surface area (Å²) in [4.78, 5) is 27.7. The SMILES string of the molecule is Cc1cccc(NC(=O)[C@@H]2CCCN(C(=O)N(C)C)C2)c1. The number of rotatable bonds is 2. The topological polar surface area (TPSA) is 52.7 Å². The number of nitrogens with one attached hydrogen (secondary N) is 1. The highest BCUT2D eigenvalue weighted by Crippen LogP contribution is 2.20. The largest absolute Gasteiger partial charge is 0.331 e. The van der Waals surface area contributed by atoms with Crippen molar-refractivity contribution in [1.29, 1.82) is 0 Å². The number of carbonyl (C=O) groups is 2. The van der Waals surface area contributed by atoms with Gasteiger partial charge in [0.05, 0.1) is 5.92 Å². The van der Waals surface area contributed by atoms with Crippen LogP contribution in [0.25, 0.3) is 0 Å². The van der Waals surface area contributed by atoms with Crippen molar-refractivity contribution in [3.05, 3.63) is 29.8 Å². The molecule has 3 amide bonds. The molecule has 0 unspecified atom stereocenters. The van der Waals surface area contributed by atoms with Crippen molar-refractivity contribution < 1.29 is 9.59 Å². The van der Waals surface area contributed by atoms with Gasteiger partial charge in [0, 0.05) is 32.9 Å². The van der Waals surface area contributed by atoms with Crippen LogP contribution in [-0.4, -0.2) is 48.9 Å². The fourth-order valence-corrected chi connectivity index (χ4v) is 2.61. The van der Waals surface area contributed by atoms with E-state index in [0.29, 0.717) is 6.54 Å². The Morgan fingerprint density at radius 1 is 1.33 bits per heavy atom. The molecule has 2 rings (SSSR count). The van der Waals surface area contributed by atoms with Gasteiger partial charge in [-0.15, -0.1) is 0 Å². The van der Waals surface area contributed by atoms with Crippen LogP contribution in [0.5, 0.6) is 0 Å². The van der Waals surface area contributed by atoms with Crippen molar-refractivity contribution >= 4 is 17.6 Å². The number of aryl methyl sites for hydroxylation is 1. The quantitative estimate of drug-likeness (QED) is 0.908. The van der Waals surface area contributed by atoms with Crippen LogP contribution in [0.15, 0.2) is 24.3 Å². The fraction of sp³-hybridized carbons (Fsp3) is 0.500. The number of likely N-dealkylation sites (tertiary alicyclic amines) is 1. The average molecular weight is 289 g/mol. The summed E-state index contributed by atoms with van der Waals surface area (Å²) in [5.74, 6) is -0.139. The van der Waals surface area contributed by atoms with Crippen LogP contribution in [0.1, 0.15) is 18.4 Å². The Kier molecular flexibility index (Phi) is 4.83. The second kappa shape index (κ2) is 6.61. The van der Waals surface area contributed by atoms with Crippen molar-refractivity contribution in [2.45, 2.75) is 19.8 Å². The molecule has 0 spiro atoms. The highest BCUT2D eigenvalue weighted by atomic mass is 16.2. The van der Waals surface area contributed by atoms with Crippen molar-refractivity contribution in [3.63, 3.8) is 0 Å². The van der Waals surface area contributed by atoms with E-state index in [1.165, 1.54) is 0 Å². The van der Waals surface area contributed by atoms with Gasteiger partial charge < -0.3 is 15.1 Å². The van der Waals surface area contributed by atoms with Gasteiger partial charge in [-0.3, -0.25) is 4.79 Å². The number of amides is 3. The van der Waals surface area contributed by atoms with Gasteiger partial charge in [-0.05, 0) is 37.5 Å². The molecule has 1 atom stereocenters. The molecule has 114 valence electrons. The maximum absolute atomic E-state index is 12.4. The Morgan fingerprint density at radius 3 is 2.76 bits per heavy atom. The molecule has 1 aromatic carbocycles. The average Bonchev–Trinajstić information content (AvgIpc) is 2.46. The fourth-order valence-electron chi connectivity index (χ4n) is 2.61. The van der Waals surface area contributed by atoms with E-state index in [9.17, 15) is 9.59 Å². The van der Waals surface area contributed by atoms with Crippen LogP contribution in [-0.2, 0) is 4.79 Å². The highest BCUT2D eigenvalue weighted by molar-refractivity contribution is 5.93. The van der Waals surface area contributed by atoms with Gasteiger partial charge in [0.2, 0.25) is 5.91 Å². The Morgan fingerprint density at radius 2 is 2.10 bits per heavy atom. The molecule has 5 heteroatoms. The predicted octanol–water partition coefficient (Wildman–Crippen LogP) is 2.33. The first kappa shape index (κ1) is 15.4. The molecule has 5 nitrogen and oxygen atoms in total. The Hall–Kier alpha value is -2.04. The zero-order valence-electron chi connectivity index (χ0n) is 12.9. The summed E-state index contributed by atoms with van der Waals surface area (Å²) in [6, 6.07) is 7.73. The Balaban J connectivity index is 1.97. The molecule has 0 aliphatic carbocycles.